The molecule has 1 aliphatic heterocycles. The molecule has 1 aromatic rings. The maximum atomic E-state index is 12.4. The predicted octanol–water partition coefficient (Wildman–Crippen LogP) is 2.75. The minimum absolute atomic E-state index is 0.00572. The molecular weight excluding hydrogens is 376 g/mol. The van der Waals surface area contributed by atoms with Crippen LogP contribution >= 0.6 is 15.9 Å². The molecule has 7 heteroatoms. The van der Waals surface area contributed by atoms with Crippen LogP contribution in [0.15, 0.2) is 28.7 Å². The topological polar surface area (TPSA) is 75.7 Å². The Kier molecular flexibility index (Phi) is 4.89. The summed E-state index contributed by atoms with van der Waals surface area (Å²) in [6, 6.07) is 7.06. The molecule has 0 bridgehead atoms. The van der Waals surface area contributed by atoms with E-state index < -0.39 is 17.5 Å². The predicted molar refractivity (Wildman–Crippen MR) is 90.0 cm³/mol. The van der Waals surface area contributed by atoms with Crippen LogP contribution in [-0.4, -0.2) is 34.9 Å². The van der Waals surface area contributed by atoms with E-state index in [4.69, 9.17) is 4.74 Å². The Morgan fingerprint density at radius 2 is 1.88 bits per heavy atom. The van der Waals surface area contributed by atoms with E-state index in [9.17, 15) is 14.4 Å². The lowest BCUT2D eigenvalue weighted by Gasteiger charge is -2.19. The molecule has 1 saturated heterocycles. The van der Waals surface area contributed by atoms with E-state index in [0.29, 0.717) is 12.8 Å². The third-order valence-corrected chi connectivity index (χ3v) is 5.08. The lowest BCUT2D eigenvalue weighted by atomic mass is 9.98. The largest absolute Gasteiger partial charge is 0.461 e. The van der Waals surface area contributed by atoms with Gasteiger partial charge in [0, 0.05) is 11.0 Å². The number of hydrogen-bond acceptors (Lipinski definition) is 4. The number of halogens is 1. The lowest BCUT2D eigenvalue weighted by molar-refractivity contribution is -0.145. The molecule has 128 valence electrons. The number of ether oxygens (including phenoxy) is 1. The number of amides is 3. The monoisotopic (exact) mass is 394 g/mol. The highest BCUT2D eigenvalue weighted by Gasteiger charge is 2.52. The van der Waals surface area contributed by atoms with E-state index >= 15 is 0 Å². The summed E-state index contributed by atoms with van der Waals surface area (Å²) in [5.74, 6) is -0.628. The van der Waals surface area contributed by atoms with Gasteiger partial charge in [-0.25, -0.2) is 4.79 Å². The Labute approximate surface area is 148 Å². The van der Waals surface area contributed by atoms with Crippen molar-refractivity contribution in [3.63, 3.8) is 0 Å². The Morgan fingerprint density at radius 1 is 1.21 bits per heavy atom. The molecule has 0 unspecified atom stereocenters. The molecule has 1 aliphatic carbocycles. The summed E-state index contributed by atoms with van der Waals surface area (Å²) < 4.78 is 6.15. The van der Waals surface area contributed by atoms with E-state index in [2.05, 4.69) is 21.2 Å². The van der Waals surface area contributed by atoms with Crippen molar-refractivity contribution in [2.75, 3.05) is 6.54 Å². The number of imide groups is 1. The Balaban J connectivity index is 1.48. The first-order valence-electron chi connectivity index (χ1n) is 8.04. The molecule has 0 radical (unpaired) electrons. The van der Waals surface area contributed by atoms with Crippen LogP contribution in [0.25, 0.3) is 0 Å². The van der Waals surface area contributed by atoms with Gasteiger partial charge in [-0.15, -0.1) is 0 Å². The summed E-state index contributed by atoms with van der Waals surface area (Å²) in [6.07, 6.45) is 3.25. The summed E-state index contributed by atoms with van der Waals surface area (Å²) in [5, 5.41) is 2.80. The number of esters is 1. The molecule has 3 amide bonds. The summed E-state index contributed by atoms with van der Waals surface area (Å²) in [4.78, 5) is 37.5. The van der Waals surface area contributed by atoms with E-state index in [1.54, 1.807) is 0 Å². The maximum Gasteiger partial charge on any atom is 0.325 e. The molecular formula is C17H19BrN2O4. The molecule has 0 atom stereocenters. The van der Waals surface area contributed by atoms with Crippen LogP contribution in [0.4, 0.5) is 4.79 Å². The van der Waals surface area contributed by atoms with Crippen LogP contribution in [0.3, 0.4) is 0 Å². The second-order valence-electron chi connectivity index (χ2n) is 6.21. The first-order chi connectivity index (χ1) is 11.5. The first-order valence-corrected chi connectivity index (χ1v) is 8.84. The molecule has 1 saturated carbocycles. The number of carbonyl (C=O) groups is 3. The van der Waals surface area contributed by atoms with Crippen molar-refractivity contribution in [1.29, 1.82) is 0 Å². The Hall–Kier alpha value is -1.89. The number of nitrogens with zero attached hydrogens (tertiary/aromatic N) is 1. The molecule has 6 nitrogen and oxygen atoms in total. The average Bonchev–Trinajstić information content (AvgIpc) is 3.12. The molecule has 1 N–H and O–H groups in total. The van der Waals surface area contributed by atoms with Crippen molar-refractivity contribution in [3.8, 4) is 0 Å². The molecule has 0 aromatic heterocycles. The van der Waals surface area contributed by atoms with Crippen molar-refractivity contribution in [2.45, 2.75) is 44.2 Å². The molecule has 1 aromatic carbocycles. The minimum Gasteiger partial charge on any atom is -0.461 e. The highest BCUT2D eigenvalue weighted by Crippen LogP contribution is 2.35. The SMILES string of the molecule is O=C(CCN1C(=O)NC2(CCCC2)C1=O)OCc1ccc(Br)cc1. The highest BCUT2D eigenvalue weighted by molar-refractivity contribution is 9.10. The third kappa shape index (κ3) is 3.45. The van der Waals surface area contributed by atoms with E-state index in [0.717, 1.165) is 27.8 Å². The van der Waals surface area contributed by atoms with Gasteiger partial charge < -0.3 is 10.1 Å². The number of rotatable bonds is 5. The highest BCUT2D eigenvalue weighted by atomic mass is 79.9. The molecule has 3 rings (SSSR count). The standard InChI is InChI=1S/C17H19BrN2O4/c18-13-5-3-12(4-6-13)11-24-14(21)7-10-20-15(22)17(19-16(20)23)8-1-2-9-17/h3-6H,1-2,7-11H2,(H,19,23). The van der Waals surface area contributed by atoms with Gasteiger partial charge >= 0.3 is 12.0 Å². The van der Waals surface area contributed by atoms with Crippen molar-refractivity contribution in [1.82, 2.24) is 10.2 Å². The van der Waals surface area contributed by atoms with Crippen LogP contribution in [-0.2, 0) is 20.9 Å². The summed E-state index contributed by atoms with van der Waals surface area (Å²) in [7, 11) is 0. The zero-order valence-corrected chi connectivity index (χ0v) is 14.8. The van der Waals surface area contributed by atoms with E-state index in [1.807, 2.05) is 24.3 Å². The zero-order valence-electron chi connectivity index (χ0n) is 13.2. The summed E-state index contributed by atoms with van der Waals surface area (Å²) in [6.45, 7) is 0.238. The first kappa shape index (κ1) is 17.0. The van der Waals surface area contributed by atoms with Gasteiger partial charge in [-0.05, 0) is 30.5 Å². The number of nitrogens with one attached hydrogen (secondary N) is 1. The number of benzene rings is 1. The summed E-state index contributed by atoms with van der Waals surface area (Å²) in [5.41, 5.74) is 0.157. The second-order valence-corrected chi connectivity index (χ2v) is 7.13. The van der Waals surface area contributed by atoms with Crippen LogP contribution < -0.4 is 5.32 Å². The van der Waals surface area contributed by atoms with Crippen molar-refractivity contribution in [2.24, 2.45) is 0 Å². The minimum atomic E-state index is -0.724. The number of carbonyl (C=O) groups excluding carboxylic acids is 3. The zero-order chi connectivity index (χ0) is 17.2. The number of hydrogen-bond donors (Lipinski definition) is 1. The molecule has 2 fully saturated rings. The van der Waals surface area contributed by atoms with Crippen molar-refractivity contribution < 1.29 is 19.1 Å². The lowest BCUT2D eigenvalue weighted by Crippen LogP contribution is -2.44. The fraction of sp³-hybridized carbons (Fsp3) is 0.471. The van der Waals surface area contributed by atoms with Gasteiger partial charge in [-0.3, -0.25) is 14.5 Å². The average molecular weight is 395 g/mol. The van der Waals surface area contributed by atoms with E-state index in [-0.39, 0.29) is 25.5 Å². The van der Waals surface area contributed by atoms with Gasteiger partial charge in [-0.1, -0.05) is 40.9 Å². The van der Waals surface area contributed by atoms with Crippen molar-refractivity contribution >= 4 is 33.8 Å². The van der Waals surface area contributed by atoms with Gasteiger partial charge in [0.25, 0.3) is 5.91 Å². The Morgan fingerprint density at radius 3 is 2.54 bits per heavy atom. The maximum absolute atomic E-state index is 12.4. The van der Waals surface area contributed by atoms with Gasteiger partial charge in [-0.2, -0.15) is 0 Å². The van der Waals surface area contributed by atoms with Gasteiger partial charge in [0.15, 0.2) is 0 Å². The smallest absolute Gasteiger partial charge is 0.325 e. The van der Waals surface area contributed by atoms with Gasteiger partial charge in [0.2, 0.25) is 0 Å². The quantitative estimate of drug-likeness (QED) is 0.615. The normalized spacial score (nSPS) is 19.0. The van der Waals surface area contributed by atoms with Crippen LogP contribution in [0.1, 0.15) is 37.7 Å². The fourth-order valence-electron chi connectivity index (χ4n) is 3.22. The molecule has 1 spiro atoms. The van der Waals surface area contributed by atoms with Crippen LogP contribution in [0.5, 0.6) is 0 Å². The van der Waals surface area contributed by atoms with Crippen molar-refractivity contribution in [3.05, 3.63) is 34.3 Å². The van der Waals surface area contributed by atoms with Gasteiger partial charge in [0.1, 0.15) is 12.1 Å². The Bertz CT molecular complexity index is 653. The molecule has 2 aliphatic rings. The van der Waals surface area contributed by atoms with E-state index in [1.165, 1.54) is 0 Å². The number of urea groups is 1. The molecule has 1 heterocycles. The van der Waals surface area contributed by atoms with Crippen LogP contribution in [0.2, 0.25) is 0 Å². The third-order valence-electron chi connectivity index (χ3n) is 4.56. The summed E-state index contributed by atoms with van der Waals surface area (Å²) >= 11 is 3.34. The second kappa shape index (κ2) is 6.93. The van der Waals surface area contributed by atoms with Crippen LogP contribution in [0, 0.1) is 0 Å². The van der Waals surface area contributed by atoms with Gasteiger partial charge in [0.05, 0.1) is 6.42 Å². The molecule has 24 heavy (non-hydrogen) atoms. The fourth-order valence-corrected chi connectivity index (χ4v) is 3.48.